The summed E-state index contributed by atoms with van der Waals surface area (Å²) < 4.78 is 22.6. The van der Waals surface area contributed by atoms with Crippen molar-refractivity contribution in [3.63, 3.8) is 0 Å². The van der Waals surface area contributed by atoms with Crippen molar-refractivity contribution in [3.05, 3.63) is 10.6 Å². The van der Waals surface area contributed by atoms with Gasteiger partial charge in [-0.3, -0.25) is 10.1 Å². The van der Waals surface area contributed by atoms with Gasteiger partial charge in [-0.05, 0) is 19.3 Å². The minimum absolute atomic E-state index is 0.0356. The van der Waals surface area contributed by atoms with E-state index in [1.807, 2.05) is 0 Å². The van der Waals surface area contributed by atoms with Crippen molar-refractivity contribution in [2.75, 3.05) is 23.4 Å². The van der Waals surface area contributed by atoms with Crippen LogP contribution < -0.4 is 10.6 Å². The molecule has 1 aliphatic rings. The Balaban J connectivity index is 1.85. The van der Waals surface area contributed by atoms with Crippen molar-refractivity contribution in [2.45, 2.75) is 20.3 Å². The van der Waals surface area contributed by atoms with Crippen molar-refractivity contribution in [2.24, 2.45) is 5.92 Å². The van der Waals surface area contributed by atoms with Crippen LogP contribution in [0.25, 0.3) is 0 Å². The smallest absolute Gasteiger partial charge is 0.321 e. The maximum atomic E-state index is 11.7. The Morgan fingerprint density at radius 1 is 1.43 bits per heavy atom. The fraction of sp³-hybridized carbons (Fsp3) is 0.583. The summed E-state index contributed by atoms with van der Waals surface area (Å²) in [4.78, 5) is 27.7. The van der Waals surface area contributed by atoms with E-state index in [-0.39, 0.29) is 23.2 Å². The van der Waals surface area contributed by atoms with Crippen LogP contribution >= 0.6 is 11.3 Å². The van der Waals surface area contributed by atoms with Gasteiger partial charge in [-0.1, -0.05) is 11.3 Å². The number of Topliss-reactive ketones (excluding diaryl/α,β-unsaturated/α-hetero) is 1. The van der Waals surface area contributed by atoms with E-state index in [2.05, 4.69) is 15.6 Å². The molecule has 1 fully saturated rings. The molecule has 9 heteroatoms. The van der Waals surface area contributed by atoms with Crippen molar-refractivity contribution in [1.29, 1.82) is 0 Å². The van der Waals surface area contributed by atoms with Gasteiger partial charge in [0.25, 0.3) is 0 Å². The summed E-state index contributed by atoms with van der Waals surface area (Å²) in [5, 5.41) is 5.55. The number of urea groups is 1. The van der Waals surface area contributed by atoms with Crippen LogP contribution in [-0.4, -0.2) is 43.3 Å². The Morgan fingerprint density at radius 3 is 2.67 bits per heavy atom. The molecule has 21 heavy (non-hydrogen) atoms. The first kappa shape index (κ1) is 15.9. The van der Waals surface area contributed by atoms with Crippen LogP contribution in [0, 0.1) is 12.8 Å². The minimum atomic E-state index is -2.93. The second-order valence-corrected chi connectivity index (χ2v) is 8.32. The van der Waals surface area contributed by atoms with E-state index in [9.17, 15) is 18.0 Å². The number of nitrogens with one attached hydrogen (secondary N) is 2. The fourth-order valence-electron chi connectivity index (χ4n) is 2.19. The van der Waals surface area contributed by atoms with Gasteiger partial charge >= 0.3 is 6.03 Å². The molecule has 1 atom stereocenters. The molecule has 0 radical (unpaired) electrons. The van der Waals surface area contributed by atoms with E-state index in [1.54, 1.807) is 6.92 Å². The van der Waals surface area contributed by atoms with Crippen LogP contribution in [0.5, 0.6) is 0 Å². The largest absolute Gasteiger partial charge is 0.337 e. The molecule has 116 valence electrons. The molecule has 1 aliphatic heterocycles. The summed E-state index contributed by atoms with van der Waals surface area (Å²) >= 11 is 1.13. The molecule has 0 aromatic carbocycles. The Hall–Kier alpha value is -1.48. The first-order chi connectivity index (χ1) is 9.77. The van der Waals surface area contributed by atoms with Gasteiger partial charge in [-0.15, -0.1) is 0 Å². The lowest BCUT2D eigenvalue weighted by atomic mass is 10.1. The average Bonchev–Trinajstić information content (AvgIpc) is 2.89. The lowest BCUT2D eigenvalue weighted by Crippen LogP contribution is -2.33. The molecule has 1 saturated heterocycles. The van der Waals surface area contributed by atoms with Crippen LogP contribution in [-0.2, 0) is 9.84 Å². The molecule has 0 spiro atoms. The monoisotopic (exact) mass is 331 g/mol. The molecule has 2 rings (SSSR count). The van der Waals surface area contributed by atoms with Crippen LogP contribution in [0.3, 0.4) is 0 Å². The molecule has 7 nitrogen and oxygen atoms in total. The number of aromatic nitrogens is 1. The third-order valence-electron chi connectivity index (χ3n) is 3.21. The normalized spacial score (nSPS) is 20.2. The van der Waals surface area contributed by atoms with Crippen LogP contribution in [0.4, 0.5) is 9.93 Å². The molecule has 1 aromatic heterocycles. The summed E-state index contributed by atoms with van der Waals surface area (Å²) in [7, 11) is -2.93. The fourth-order valence-corrected chi connectivity index (χ4v) is 4.91. The summed E-state index contributed by atoms with van der Waals surface area (Å²) in [5.74, 6) is 0.188. The Morgan fingerprint density at radius 2 is 2.14 bits per heavy atom. The maximum absolute atomic E-state index is 11.7. The second kappa shape index (κ2) is 6.10. The van der Waals surface area contributed by atoms with Gasteiger partial charge < -0.3 is 5.32 Å². The highest BCUT2D eigenvalue weighted by atomic mass is 32.2. The molecule has 1 aromatic rings. The lowest BCUT2D eigenvalue weighted by Gasteiger charge is -2.09. The number of amides is 2. The molecule has 2 amide bonds. The minimum Gasteiger partial charge on any atom is -0.337 e. The Labute approximate surface area is 127 Å². The first-order valence-corrected chi connectivity index (χ1v) is 9.14. The van der Waals surface area contributed by atoms with E-state index >= 15 is 0 Å². The summed E-state index contributed by atoms with van der Waals surface area (Å²) in [6.07, 6.45) is 0.577. The number of rotatable bonds is 4. The Kier molecular flexibility index (Phi) is 4.62. The summed E-state index contributed by atoms with van der Waals surface area (Å²) in [5.41, 5.74) is 0.588. The number of aryl methyl sites for hydroxylation is 1. The molecular formula is C12H17N3O4S2. The second-order valence-electron chi connectivity index (χ2n) is 5.09. The Bertz CT molecular complexity index is 666. The number of hydrogen-bond donors (Lipinski definition) is 2. The van der Waals surface area contributed by atoms with Crippen LogP contribution in [0.2, 0.25) is 0 Å². The summed E-state index contributed by atoms with van der Waals surface area (Å²) in [6.45, 7) is 3.47. The van der Waals surface area contributed by atoms with Crippen molar-refractivity contribution >= 4 is 38.1 Å². The van der Waals surface area contributed by atoms with Gasteiger partial charge in [0.2, 0.25) is 0 Å². The zero-order valence-electron chi connectivity index (χ0n) is 11.8. The standard InChI is InChI=1S/C12H17N3O4S2/c1-7-10(8(2)16)20-12(14-7)15-11(17)13-5-9-3-4-21(18,19)6-9/h9H,3-6H2,1-2H3,(H2,13,14,15,17)/t9-/m1/s1. The number of ketones is 1. The van der Waals surface area contributed by atoms with E-state index in [1.165, 1.54) is 6.92 Å². The predicted molar refractivity (Wildman–Crippen MR) is 80.6 cm³/mol. The number of carbonyl (C=O) groups is 2. The highest BCUT2D eigenvalue weighted by Crippen LogP contribution is 2.23. The van der Waals surface area contributed by atoms with E-state index in [0.29, 0.717) is 28.7 Å². The molecule has 0 saturated carbocycles. The molecule has 0 unspecified atom stereocenters. The SMILES string of the molecule is CC(=O)c1sc(NC(=O)NC[C@H]2CCS(=O)(=O)C2)nc1C. The topological polar surface area (TPSA) is 105 Å². The van der Waals surface area contributed by atoms with E-state index in [4.69, 9.17) is 0 Å². The highest BCUT2D eigenvalue weighted by Gasteiger charge is 2.28. The van der Waals surface area contributed by atoms with Crippen molar-refractivity contribution in [3.8, 4) is 0 Å². The number of carbonyl (C=O) groups excluding carboxylic acids is 2. The number of sulfone groups is 1. The molecular weight excluding hydrogens is 314 g/mol. The first-order valence-electron chi connectivity index (χ1n) is 6.50. The van der Waals surface area contributed by atoms with Crippen molar-refractivity contribution in [1.82, 2.24) is 10.3 Å². The highest BCUT2D eigenvalue weighted by molar-refractivity contribution is 7.91. The lowest BCUT2D eigenvalue weighted by molar-refractivity contribution is 0.102. The van der Waals surface area contributed by atoms with E-state index < -0.39 is 15.9 Å². The summed E-state index contributed by atoms with van der Waals surface area (Å²) in [6, 6.07) is -0.442. The third-order valence-corrected chi connectivity index (χ3v) is 6.23. The predicted octanol–water partition coefficient (Wildman–Crippen LogP) is 1.21. The van der Waals surface area contributed by atoms with Gasteiger partial charge in [0.1, 0.15) is 0 Å². The van der Waals surface area contributed by atoms with E-state index in [0.717, 1.165) is 11.3 Å². The number of anilines is 1. The van der Waals surface area contributed by atoms with Crippen LogP contribution in [0.15, 0.2) is 0 Å². The zero-order valence-corrected chi connectivity index (χ0v) is 13.4. The maximum Gasteiger partial charge on any atom is 0.321 e. The number of nitrogens with zero attached hydrogens (tertiary/aromatic N) is 1. The quantitative estimate of drug-likeness (QED) is 0.807. The zero-order chi connectivity index (χ0) is 15.6. The third kappa shape index (κ3) is 4.24. The van der Waals surface area contributed by atoms with Gasteiger partial charge in [0.05, 0.1) is 22.1 Å². The van der Waals surface area contributed by atoms with Gasteiger partial charge in [-0.25, -0.2) is 18.2 Å². The van der Waals surface area contributed by atoms with Crippen molar-refractivity contribution < 1.29 is 18.0 Å². The average molecular weight is 331 g/mol. The van der Waals surface area contributed by atoms with Gasteiger partial charge in [0.15, 0.2) is 20.8 Å². The van der Waals surface area contributed by atoms with Gasteiger partial charge in [-0.2, -0.15) is 0 Å². The van der Waals surface area contributed by atoms with Gasteiger partial charge in [0, 0.05) is 13.5 Å². The molecule has 2 heterocycles. The molecule has 2 N–H and O–H groups in total. The number of hydrogen-bond acceptors (Lipinski definition) is 6. The van der Waals surface area contributed by atoms with Crippen LogP contribution in [0.1, 0.15) is 28.7 Å². The number of thiazole rings is 1. The molecule has 0 aliphatic carbocycles. The molecule has 0 bridgehead atoms.